The number of anilines is 1. The van der Waals surface area contributed by atoms with Crippen molar-refractivity contribution in [1.29, 1.82) is 0 Å². The Hall–Kier alpha value is -1.43. The van der Waals surface area contributed by atoms with Crippen molar-refractivity contribution in [3.05, 3.63) is 24.3 Å². The van der Waals surface area contributed by atoms with Gasteiger partial charge in [-0.2, -0.15) is 13.2 Å². The molecule has 0 aliphatic rings. The summed E-state index contributed by atoms with van der Waals surface area (Å²) >= 11 is 0. The van der Waals surface area contributed by atoms with Crippen LogP contribution < -0.4 is 15.4 Å². The Kier molecular flexibility index (Phi) is 5.27. The maximum absolute atomic E-state index is 12.5. The highest BCUT2D eigenvalue weighted by molar-refractivity contribution is 5.49. The molecule has 0 radical (unpaired) electrons. The van der Waals surface area contributed by atoms with Gasteiger partial charge in [-0.15, -0.1) is 0 Å². The van der Waals surface area contributed by atoms with Gasteiger partial charge in [0, 0.05) is 12.2 Å². The Morgan fingerprint density at radius 1 is 1.22 bits per heavy atom. The number of methoxy groups -OCH3 is 1. The van der Waals surface area contributed by atoms with E-state index in [9.17, 15) is 13.2 Å². The van der Waals surface area contributed by atoms with E-state index in [0.717, 1.165) is 0 Å². The molecule has 18 heavy (non-hydrogen) atoms. The van der Waals surface area contributed by atoms with Gasteiger partial charge in [-0.1, -0.05) is 0 Å². The van der Waals surface area contributed by atoms with Crippen LogP contribution in [0, 0.1) is 0 Å². The lowest BCUT2D eigenvalue weighted by molar-refractivity contribution is -0.119. The third-order valence-corrected chi connectivity index (χ3v) is 2.44. The average molecular weight is 262 g/mol. The van der Waals surface area contributed by atoms with Gasteiger partial charge in [0.2, 0.25) is 0 Å². The van der Waals surface area contributed by atoms with Crippen LogP contribution in [0.2, 0.25) is 0 Å². The van der Waals surface area contributed by atoms with Crippen LogP contribution in [-0.4, -0.2) is 32.9 Å². The number of hydrogen-bond donors (Lipinski definition) is 1. The molecule has 0 bridgehead atoms. The van der Waals surface area contributed by atoms with Gasteiger partial charge in [-0.25, -0.2) is 0 Å². The van der Waals surface area contributed by atoms with Crippen LogP contribution in [0.15, 0.2) is 24.3 Å². The molecule has 0 aliphatic heterocycles. The third-order valence-electron chi connectivity index (χ3n) is 2.44. The van der Waals surface area contributed by atoms with E-state index in [1.165, 1.54) is 12.0 Å². The predicted molar refractivity (Wildman–Crippen MR) is 64.9 cm³/mol. The summed E-state index contributed by atoms with van der Waals surface area (Å²) in [5, 5.41) is 0. The first-order chi connectivity index (χ1) is 8.46. The molecule has 0 heterocycles. The smallest absolute Gasteiger partial charge is 0.405 e. The summed E-state index contributed by atoms with van der Waals surface area (Å²) < 4.78 is 42.4. The molecule has 0 fully saturated rings. The van der Waals surface area contributed by atoms with Crippen LogP contribution in [0.4, 0.5) is 18.9 Å². The Bertz CT molecular complexity index is 351. The second-order valence-electron chi connectivity index (χ2n) is 3.88. The highest BCUT2D eigenvalue weighted by atomic mass is 19.4. The molecule has 1 rings (SSSR count). The molecule has 0 aromatic heterocycles. The minimum Gasteiger partial charge on any atom is -0.497 e. The summed E-state index contributed by atoms with van der Waals surface area (Å²) in [6.07, 6.45) is -3.71. The number of hydrogen-bond acceptors (Lipinski definition) is 3. The monoisotopic (exact) mass is 262 g/mol. The SMILES string of the molecule is COc1ccc(N(CCCN)CC(F)(F)F)cc1. The van der Waals surface area contributed by atoms with Gasteiger partial charge >= 0.3 is 6.18 Å². The number of rotatable bonds is 6. The van der Waals surface area contributed by atoms with Crippen molar-refractivity contribution in [2.24, 2.45) is 5.73 Å². The number of halogens is 3. The lowest BCUT2D eigenvalue weighted by atomic mass is 10.2. The van der Waals surface area contributed by atoms with Crippen molar-refractivity contribution in [2.45, 2.75) is 12.6 Å². The predicted octanol–water partition coefficient (Wildman–Crippen LogP) is 2.41. The molecule has 0 unspecified atom stereocenters. The fourth-order valence-electron chi connectivity index (χ4n) is 1.59. The molecule has 102 valence electrons. The zero-order chi connectivity index (χ0) is 13.6. The Balaban J connectivity index is 2.79. The minimum atomic E-state index is -4.23. The highest BCUT2D eigenvalue weighted by Gasteiger charge is 2.30. The zero-order valence-electron chi connectivity index (χ0n) is 10.2. The van der Waals surface area contributed by atoms with E-state index in [2.05, 4.69) is 0 Å². The highest BCUT2D eigenvalue weighted by Crippen LogP contribution is 2.24. The van der Waals surface area contributed by atoms with E-state index in [1.807, 2.05) is 0 Å². The zero-order valence-corrected chi connectivity index (χ0v) is 10.2. The van der Waals surface area contributed by atoms with Crippen LogP contribution >= 0.6 is 0 Å². The number of alkyl halides is 3. The lowest BCUT2D eigenvalue weighted by Gasteiger charge is -2.26. The lowest BCUT2D eigenvalue weighted by Crippen LogP contribution is -2.35. The van der Waals surface area contributed by atoms with Gasteiger partial charge in [0.15, 0.2) is 0 Å². The van der Waals surface area contributed by atoms with Crippen LogP contribution in [-0.2, 0) is 0 Å². The largest absolute Gasteiger partial charge is 0.497 e. The van der Waals surface area contributed by atoms with E-state index in [1.54, 1.807) is 24.3 Å². The molecule has 0 amide bonds. The van der Waals surface area contributed by atoms with Gasteiger partial charge in [0.05, 0.1) is 7.11 Å². The van der Waals surface area contributed by atoms with Crippen LogP contribution in [0.5, 0.6) is 5.75 Å². The third kappa shape index (κ3) is 4.83. The number of ether oxygens (including phenoxy) is 1. The van der Waals surface area contributed by atoms with Crippen LogP contribution in [0.25, 0.3) is 0 Å². The normalized spacial score (nSPS) is 11.4. The summed E-state index contributed by atoms with van der Waals surface area (Å²) in [6, 6.07) is 6.50. The summed E-state index contributed by atoms with van der Waals surface area (Å²) in [4.78, 5) is 1.27. The van der Waals surface area contributed by atoms with Gasteiger partial charge in [0.25, 0.3) is 0 Å². The first-order valence-electron chi connectivity index (χ1n) is 5.62. The molecule has 0 saturated carbocycles. The summed E-state index contributed by atoms with van der Waals surface area (Å²) in [5.74, 6) is 0.615. The van der Waals surface area contributed by atoms with Gasteiger partial charge < -0.3 is 15.4 Å². The Morgan fingerprint density at radius 2 is 1.83 bits per heavy atom. The molecule has 0 atom stereocenters. The maximum atomic E-state index is 12.5. The molecule has 1 aromatic rings. The first kappa shape index (κ1) is 14.6. The first-order valence-corrected chi connectivity index (χ1v) is 5.62. The van der Waals surface area contributed by atoms with Gasteiger partial charge in [0.1, 0.15) is 12.3 Å². The Labute approximate surface area is 104 Å². The molecule has 3 nitrogen and oxygen atoms in total. The van der Waals surface area contributed by atoms with E-state index < -0.39 is 12.7 Å². The quantitative estimate of drug-likeness (QED) is 0.855. The molecule has 2 N–H and O–H groups in total. The van der Waals surface area contributed by atoms with Crippen molar-refractivity contribution >= 4 is 5.69 Å². The minimum absolute atomic E-state index is 0.280. The van der Waals surface area contributed by atoms with Crippen molar-refractivity contribution < 1.29 is 17.9 Å². The van der Waals surface area contributed by atoms with Crippen molar-refractivity contribution in [3.63, 3.8) is 0 Å². The molecule has 1 aromatic carbocycles. The number of benzene rings is 1. The molecular weight excluding hydrogens is 245 g/mol. The van der Waals surface area contributed by atoms with E-state index >= 15 is 0 Å². The summed E-state index contributed by atoms with van der Waals surface area (Å²) in [5.41, 5.74) is 5.85. The van der Waals surface area contributed by atoms with Gasteiger partial charge in [-0.05, 0) is 37.2 Å². The fraction of sp³-hybridized carbons (Fsp3) is 0.500. The molecule has 0 aliphatic carbocycles. The number of nitrogens with two attached hydrogens (primary N) is 1. The van der Waals surface area contributed by atoms with Crippen molar-refractivity contribution in [2.75, 3.05) is 31.6 Å². The second-order valence-corrected chi connectivity index (χ2v) is 3.88. The molecule has 0 saturated heterocycles. The average Bonchev–Trinajstić information content (AvgIpc) is 2.33. The summed E-state index contributed by atoms with van der Waals surface area (Å²) in [7, 11) is 1.51. The number of nitrogens with zero attached hydrogens (tertiary/aromatic N) is 1. The Morgan fingerprint density at radius 3 is 2.28 bits per heavy atom. The van der Waals surface area contributed by atoms with Gasteiger partial charge in [-0.3, -0.25) is 0 Å². The van der Waals surface area contributed by atoms with E-state index in [4.69, 9.17) is 10.5 Å². The van der Waals surface area contributed by atoms with E-state index in [-0.39, 0.29) is 6.54 Å². The summed E-state index contributed by atoms with van der Waals surface area (Å²) in [6.45, 7) is -0.327. The molecule has 0 spiro atoms. The molecule has 6 heteroatoms. The van der Waals surface area contributed by atoms with Crippen molar-refractivity contribution in [3.8, 4) is 5.75 Å². The molecular formula is C12H17F3N2O. The van der Waals surface area contributed by atoms with E-state index in [0.29, 0.717) is 24.4 Å². The van der Waals surface area contributed by atoms with Crippen molar-refractivity contribution in [1.82, 2.24) is 0 Å². The topological polar surface area (TPSA) is 38.5 Å². The fourth-order valence-corrected chi connectivity index (χ4v) is 1.59. The second kappa shape index (κ2) is 6.49. The standard InChI is InChI=1S/C12H17F3N2O/c1-18-11-5-3-10(4-6-11)17(8-2-7-16)9-12(13,14)15/h3-6H,2,7-9,16H2,1H3. The van der Waals surface area contributed by atoms with Crippen LogP contribution in [0.3, 0.4) is 0 Å². The maximum Gasteiger partial charge on any atom is 0.405 e. The van der Waals surface area contributed by atoms with Crippen LogP contribution in [0.1, 0.15) is 6.42 Å².